The Balaban J connectivity index is 2.05. The third-order valence-electron chi connectivity index (χ3n) is 5.51. The summed E-state index contributed by atoms with van der Waals surface area (Å²) in [4.78, 5) is 17.3. The number of methoxy groups -OCH3 is 1. The van der Waals surface area contributed by atoms with Crippen molar-refractivity contribution in [3.8, 4) is 11.3 Å². The average Bonchev–Trinajstić information content (AvgIpc) is 3.21. The van der Waals surface area contributed by atoms with Crippen molar-refractivity contribution < 1.29 is 18.4 Å². The SMILES string of the molecule is CCN(CC)c1onc(-c2ccc(F)cc2)c1CN(CCOC)C(=O)c1ccccc1C. The number of aryl methyl sites for hydroxylation is 1. The quantitative estimate of drug-likeness (QED) is 0.449. The summed E-state index contributed by atoms with van der Waals surface area (Å²) in [6, 6.07) is 13.7. The molecule has 7 heteroatoms. The smallest absolute Gasteiger partial charge is 0.254 e. The fraction of sp³-hybridized carbons (Fsp3) is 0.360. The number of amides is 1. The third kappa shape index (κ3) is 5.16. The molecule has 0 aliphatic carbocycles. The van der Waals surface area contributed by atoms with Crippen molar-refractivity contribution in [2.24, 2.45) is 0 Å². The number of halogens is 1. The van der Waals surface area contributed by atoms with Gasteiger partial charge in [-0.1, -0.05) is 23.4 Å². The summed E-state index contributed by atoms with van der Waals surface area (Å²) in [5.41, 5.74) is 3.68. The first-order valence-corrected chi connectivity index (χ1v) is 10.8. The molecule has 3 aromatic rings. The van der Waals surface area contributed by atoms with Crippen LogP contribution in [0.4, 0.5) is 10.3 Å². The summed E-state index contributed by atoms with van der Waals surface area (Å²) >= 11 is 0. The molecule has 6 nitrogen and oxygen atoms in total. The number of nitrogens with zero attached hydrogens (tertiary/aromatic N) is 3. The first-order valence-electron chi connectivity index (χ1n) is 10.8. The summed E-state index contributed by atoms with van der Waals surface area (Å²) in [6.45, 7) is 8.55. The van der Waals surface area contributed by atoms with Crippen molar-refractivity contribution in [2.45, 2.75) is 27.3 Å². The van der Waals surface area contributed by atoms with Crippen LogP contribution in [0.25, 0.3) is 11.3 Å². The standard InChI is InChI=1S/C25H30FN3O3/c1-5-28(6-2)25-22(23(27-32-25)19-11-13-20(26)14-12-19)17-29(15-16-31-4)24(30)21-10-8-7-9-18(21)3/h7-14H,5-6,15-17H2,1-4H3. The highest BCUT2D eigenvalue weighted by Gasteiger charge is 2.26. The highest BCUT2D eigenvalue weighted by atomic mass is 19.1. The highest BCUT2D eigenvalue weighted by molar-refractivity contribution is 5.95. The fourth-order valence-electron chi connectivity index (χ4n) is 3.66. The fourth-order valence-corrected chi connectivity index (χ4v) is 3.66. The van der Waals surface area contributed by atoms with Gasteiger partial charge in [-0.05, 0) is 56.7 Å². The second-order valence-corrected chi connectivity index (χ2v) is 7.53. The number of carbonyl (C=O) groups is 1. The Hall–Kier alpha value is -3.19. The van der Waals surface area contributed by atoms with E-state index in [9.17, 15) is 9.18 Å². The van der Waals surface area contributed by atoms with Crippen LogP contribution in [0.15, 0.2) is 53.1 Å². The summed E-state index contributed by atoms with van der Waals surface area (Å²) < 4.78 is 24.5. The molecule has 0 spiro atoms. The Morgan fingerprint density at radius 2 is 1.78 bits per heavy atom. The highest BCUT2D eigenvalue weighted by Crippen LogP contribution is 2.33. The lowest BCUT2D eigenvalue weighted by Crippen LogP contribution is -2.34. The van der Waals surface area contributed by atoms with Gasteiger partial charge in [0.25, 0.3) is 5.91 Å². The van der Waals surface area contributed by atoms with Crippen molar-refractivity contribution in [2.75, 3.05) is 38.3 Å². The van der Waals surface area contributed by atoms with Crippen LogP contribution in [0.1, 0.15) is 35.3 Å². The summed E-state index contributed by atoms with van der Waals surface area (Å²) in [5, 5.41) is 4.31. The Labute approximate surface area is 188 Å². The van der Waals surface area contributed by atoms with E-state index in [1.54, 1.807) is 24.1 Å². The number of anilines is 1. The molecule has 0 atom stereocenters. The Bertz CT molecular complexity index is 1030. The molecule has 3 rings (SSSR count). The minimum atomic E-state index is -0.320. The molecule has 0 fully saturated rings. The van der Waals surface area contributed by atoms with E-state index >= 15 is 0 Å². The Morgan fingerprint density at radius 1 is 1.09 bits per heavy atom. The number of hydrogen-bond donors (Lipinski definition) is 0. The lowest BCUT2D eigenvalue weighted by Gasteiger charge is -2.25. The zero-order valence-corrected chi connectivity index (χ0v) is 19.1. The predicted molar refractivity (Wildman–Crippen MR) is 123 cm³/mol. The minimum Gasteiger partial charge on any atom is -0.383 e. The van der Waals surface area contributed by atoms with Crippen LogP contribution < -0.4 is 4.90 Å². The van der Waals surface area contributed by atoms with Crippen molar-refractivity contribution in [1.82, 2.24) is 10.1 Å². The third-order valence-corrected chi connectivity index (χ3v) is 5.51. The number of benzene rings is 2. The summed E-state index contributed by atoms with van der Waals surface area (Å²) in [7, 11) is 1.61. The molecule has 1 amide bonds. The Kier molecular flexibility index (Phi) is 8.00. The molecule has 0 saturated heterocycles. The zero-order chi connectivity index (χ0) is 23.1. The molecule has 0 aliphatic rings. The second kappa shape index (κ2) is 10.9. The molecule has 0 saturated carbocycles. The van der Waals surface area contributed by atoms with Crippen LogP contribution in [0.3, 0.4) is 0 Å². The van der Waals surface area contributed by atoms with Gasteiger partial charge in [-0.25, -0.2) is 4.39 Å². The molecule has 0 unspecified atom stereocenters. The molecular weight excluding hydrogens is 409 g/mol. The molecule has 0 radical (unpaired) electrons. The van der Waals surface area contributed by atoms with Gasteiger partial charge in [0.05, 0.1) is 18.7 Å². The van der Waals surface area contributed by atoms with Gasteiger partial charge in [0.1, 0.15) is 11.5 Å². The van der Waals surface area contributed by atoms with E-state index in [1.807, 2.05) is 45.0 Å². The van der Waals surface area contributed by atoms with E-state index < -0.39 is 0 Å². The van der Waals surface area contributed by atoms with E-state index in [2.05, 4.69) is 10.1 Å². The molecule has 0 aliphatic heterocycles. The Morgan fingerprint density at radius 3 is 2.41 bits per heavy atom. The van der Waals surface area contributed by atoms with Gasteiger partial charge in [0.2, 0.25) is 5.88 Å². The predicted octanol–water partition coefficient (Wildman–Crippen LogP) is 4.92. The van der Waals surface area contributed by atoms with Crippen molar-refractivity contribution in [1.29, 1.82) is 0 Å². The minimum absolute atomic E-state index is 0.0862. The lowest BCUT2D eigenvalue weighted by atomic mass is 10.0. The molecule has 1 aromatic heterocycles. The number of rotatable bonds is 10. The maximum Gasteiger partial charge on any atom is 0.254 e. The molecule has 32 heavy (non-hydrogen) atoms. The van der Waals surface area contributed by atoms with Gasteiger partial charge >= 0.3 is 0 Å². The van der Waals surface area contributed by atoms with E-state index in [-0.39, 0.29) is 11.7 Å². The molecule has 0 bridgehead atoms. The molecule has 2 aromatic carbocycles. The van der Waals surface area contributed by atoms with Gasteiger partial charge in [-0.2, -0.15) is 0 Å². The van der Waals surface area contributed by atoms with E-state index in [0.717, 1.165) is 29.8 Å². The van der Waals surface area contributed by atoms with Crippen LogP contribution >= 0.6 is 0 Å². The first-order chi connectivity index (χ1) is 15.5. The van der Waals surface area contributed by atoms with E-state index in [1.165, 1.54) is 12.1 Å². The van der Waals surface area contributed by atoms with Crippen LogP contribution in [-0.2, 0) is 11.3 Å². The van der Waals surface area contributed by atoms with Gasteiger partial charge in [0.15, 0.2) is 0 Å². The number of aromatic nitrogens is 1. The van der Waals surface area contributed by atoms with Gasteiger partial charge in [-0.3, -0.25) is 4.79 Å². The summed E-state index contributed by atoms with van der Waals surface area (Å²) in [5.74, 6) is 0.213. The van der Waals surface area contributed by atoms with Crippen molar-refractivity contribution in [3.05, 3.63) is 71.0 Å². The maximum atomic E-state index is 13.5. The normalized spacial score (nSPS) is 10.9. The molecule has 0 N–H and O–H groups in total. The molecular formula is C25H30FN3O3. The average molecular weight is 440 g/mol. The van der Waals surface area contributed by atoms with Crippen LogP contribution in [-0.4, -0.2) is 49.3 Å². The van der Waals surface area contributed by atoms with Gasteiger partial charge in [-0.15, -0.1) is 0 Å². The van der Waals surface area contributed by atoms with E-state index in [4.69, 9.17) is 9.26 Å². The van der Waals surface area contributed by atoms with Crippen molar-refractivity contribution in [3.63, 3.8) is 0 Å². The van der Waals surface area contributed by atoms with E-state index in [0.29, 0.717) is 36.8 Å². The second-order valence-electron chi connectivity index (χ2n) is 7.53. The van der Waals surface area contributed by atoms with Gasteiger partial charge < -0.3 is 19.1 Å². The van der Waals surface area contributed by atoms with Crippen molar-refractivity contribution >= 4 is 11.8 Å². The number of carbonyl (C=O) groups excluding carboxylic acids is 1. The van der Waals surface area contributed by atoms with Crippen LogP contribution in [0, 0.1) is 12.7 Å². The monoisotopic (exact) mass is 439 g/mol. The summed E-state index contributed by atoms with van der Waals surface area (Å²) in [6.07, 6.45) is 0. The zero-order valence-electron chi connectivity index (χ0n) is 19.1. The topological polar surface area (TPSA) is 58.8 Å². The largest absolute Gasteiger partial charge is 0.383 e. The van der Waals surface area contributed by atoms with Crippen LogP contribution in [0.5, 0.6) is 0 Å². The molecule has 1 heterocycles. The number of ether oxygens (including phenoxy) is 1. The molecule has 170 valence electrons. The maximum absolute atomic E-state index is 13.5. The number of hydrogen-bond acceptors (Lipinski definition) is 5. The first kappa shape index (κ1) is 23.5. The lowest BCUT2D eigenvalue weighted by molar-refractivity contribution is 0.0680. The van der Waals surface area contributed by atoms with Crippen LogP contribution in [0.2, 0.25) is 0 Å². The van der Waals surface area contributed by atoms with Gasteiger partial charge in [0, 0.05) is 37.9 Å².